The molecular weight excluding hydrogens is 604 g/mol. The quantitative estimate of drug-likeness (QED) is 0.203. The highest BCUT2D eigenvalue weighted by Crippen LogP contribution is 2.37. The molecule has 2 aromatic carbocycles. The third-order valence-electron chi connectivity index (χ3n) is 9.06. The van der Waals surface area contributed by atoms with Crippen molar-refractivity contribution >= 4 is 33.5 Å². The van der Waals surface area contributed by atoms with Crippen molar-refractivity contribution in [1.29, 1.82) is 5.26 Å². The van der Waals surface area contributed by atoms with E-state index in [9.17, 15) is 15.5 Å². The second-order valence-electron chi connectivity index (χ2n) is 12.1. The third kappa shape index (κ3) is 5.71. The molecule has 7 rings (SSSR count). The summed E-state index contributed by atoms with van der Waals surface area (Å²) in [4.78, 5) is 20.9. The monoisotopic (exact) mass is 640 g/mol. The van der Waals surface area contributed by atoms with Crippen LogP contribution in [-0.2, 0) is 13.1 Å². The number of likely N-dealkylation sites (tertiary alicyclic amines) is 1. The molecule has 5 heterocycles. The van der Waals surface area contributed by atoms with Crippen LogP contribution in [-0.4, -0.2) is 67.5 Å². The molecule has 0 amide bonds. The minimum absolute atomic E-state index is 0.0952. The lowest BCUT2D eigenvalue weighted by molar-refractivity contribution is 0.175. The third-order valence-corrected chi connectivity index (χ3v) is 9.06. The van der Waals surface area contributed by atoms with Crippen LogP contribution in [0.5, 0.6) is 0 Å². The van der Waals surface area contributed by atoms with Crippen LogP contribution in [0.4, 0.5) is 11.5 Å². The molecule has 0 radical (unpaired) electrons. The lowest BCUT2D eigenvalue weighted by Crippen LogP contribution is -2.23. The molecule has 6 aromatic rings. The Kier molecular flexibility index (Phi) is 8.45. The van der Waals surface area contributed by atoms with Crippen LogP contribution in [0.3, 0.4) is 0 Å². The molecule has 0 saturated carbocycles. The summed E-state index contributed by atoms with van der Waals surface area (Å²) in [6.07, 6.45) is 5.89. The highest BCUT2D eigenvalue weighted by molar-refractivity contribution is 5.91. The van der Waals surface area contributed by atoms with Crippen molar-refractivity contribution in [1.82, 2.24) is 24.4 Å². The number of β-amino-alcohol motifs (C(OH)–C–C–N with tert-alkyl or cyclic N) is 1. The normalized spacial score (nSPS) is 15.4. The number of aliphatic hydroxyl groups excluding tert-OH is 2. The summed E-state index contributed by atoms with van der Waals surface area (Å²) in [5, 5.41) is 33.8. The van der Waals surface area contributed by atoms with Gasteiger partial charge >= 0.3 is 0 Å². The molecule has 0 unspecified atom stereocenters. The number of aromatic nitrogens is 4. The van der Waals surface area contributed by atoms with E-state index in [1.165, 1.54) is 0 Å². The van der Waals surface area contributed by atoms with Gasteiger partial charge in [0.25, 0.3) is 0 Å². The van der Waals surface area contributed by atoms with Gasteiger partial charge in [-0.3, -0.25) is 14.9 Å². The maximum atomic E-state index is 9.91. The van der Waals surface area contributed by atoms with E-state index in [0.29, 0.717) is 40.4 Å². The zero-order chi connectivity index (χ0) is 33.4. The van der Waals surface area contributed by atoms with E-state index in [1.54, 1.807) is 24.0 Å². The minimum atomic E-state index is -0.251. The standard InChI is InChI=1S/C37H36N8O3/c1-22-28(6-4-8-30(22)37-43-33-34(48-37)26(17-38)20-45(14-15-46)36(33)39-3)29-7-5-9-31(23(29)2)42-35-32-25(10-12-40-35)16-24(18-41-32)19-44-13-11-27(47)21-44/h4-10,12,16,18,20,27,46-47H,11,13-15,19,21H2,1-3H3,(H,40,42)/b39-36-/t27-/m1/s1. The number of hydrogen-bond acceptors (Lipinski definition) is 10. The minimum Gasteiger partial charge on any atom is -0.434 e. The lowest BCUT2D eigenvalue weighted by atomic mass is 9.93. The first kappa shape index (κ1) is 31.2. The summed E-state index contributed by atoms with van der Waals surface area (Å²) >= 11 is 0. The average Bonchev–Trinajstić information content (AvgIpc) is 3.72. The number of hydrogen-bond donors (Lipinski definition) is 3. The summed E-state index contributed by atoms with van der Waals surface area (Å²) in [5.41, 5.74) is 9.41. The van der Waals surface area contributed by atoms with Crippen LogP contribution in [0.15, 0.2) is 76.5 Å². The van der Waals surface area contributed by atoms with Crippen LogP contribution in [0.2, 0.25) is 0 Å². The van der Waals surface area contributed by atoms with Gasteiger partial charge in [-0.25, -0.2) is 9.97 Å². The molecule has 1 aliphatic rings. The number of pyridine rings is 3. The number of benzene rings is 2. The second-order valence-corrected chi connectivity index (χ2v) is 12.1. The van der Waals surface area contributed by atoms with E-state index in [4.69, 9.17) is 14.4 Å². The van der Waals surface area contributed by atoms with Crippen molar-refractivity contribution in [2.24, 2.45) is 4.99 Å². The summed E-state index contributed by atoms with van der Waals surface area (Å²) in [6, 6.07) is 18.5. The second kappa shape index (κ2) is 13.0. The molecule has 11 nitrogen and oxygen atoms in total. The van der Waals surface area contributed by atoms with Gasteiger partial charge in [-0.05, 0) is 72.4 Å². The van der Waals surface area contributed by atoms with Crippen molar-refractivity contribution in [3.05, 3.63) is 94.9 Å². The first-order valence-corrected chi connectivity index (χ1v) is 16.0. The molecule has 1 aliphatic heterocycles. The van der Waals surface area contributed by atoms with Gasteiger partial charge in [0, 0.05) is 68.5 Å². The van der Waals surface area contributed by atoms with Gasteiger partial charge in [-0.15, -0.1) is 0 Å². The molecule has 242 valence electrons. The Balaban J connectivity index is 1.23. The molecule has 1 atom stereocenters. The van der Waals surface area contributed by atoms with E-state index in [1.807, 2.05) is 43.5 Å². The van der Waals surface area contributed by atoms with Gasteiger partial charge in [0.1, 0.15) is 17.1 Å². The summed E-state index contributed by atoms with van der Waals surface area (Å²) in [7, 11) is 1.65. The summed E-state index contributed by atoms with van der Waals surface area (Å²) in [5.74, 6) is 1.07. The first-order valence-electron chi connectivity index (χ1n) is 16.0. The maximum Gasteiger partial charge on any atom is 0.227 e. The molecule has 1 fully saturated rings. The predicted octanol–water partition coefficient (Wildman–Crippen LogP) is 5.23. The molecular formula is C37H36N8O3. The first-order chi connectivity index (χ1) is 23.4. The van der Waals surface area contributed by atoms with E-state index < -0.39 is 0 Å². The smallest absolute Gasteiger partial charge is 0.227 e. The van der Waals surface area contributed by atoms with Gasteiger partial charge in [0.15, 0.2) is 22.4 Å². The molecule has 0 bridgehead atoms. The van der Waals surface area contributed by atoms with Gasteiger partial charge in [0.05, 0.1) is 12.7 Å². The highest BCUT2D eigenvalue weighted by Gasteiger charge is 2.21. The SMILES string of the molecule is C/N=c1/c2nc(-c3cccc(-c4cccc(Nc5nccc6cc(CN7CC[C@@H](O)C7)cnc56)c4C)c3C)oc2c(C#N)cn1CCO. The van der Waals surface area contributed by atoms with Gasteiger partial charge in [0.2, 0.25) is 5.89 Å². The highest BCUT2D eigenvalue weighted by atomic mass is 16.3. The van der Waals surface area contributed by atoms with Crippen molar-refractivity contribution in [2.45, 2.75) is 39.5 Å². The van der Waals surface area contributed by atoms with Crippen LogP contribution in [0, 0.1) is 25.2 Å². The van der Waals surface area contributed by atoms with Crippen molar-refractivity contribution < 1.29 is 14.6 Å². The maximum absolute atomic E-state index is 9.91. The number of fused-ring (bicyclic) bond motifs is 2. The van der Waals surface area contributed by atoms with Crippen LogP contribution in [0.25, 0.3) is 44.6 Å². The number of nitriles is 1. The largest absolute Gasteiger partial charge is 0.434 e. The molecule has 3 N–H and O–H groups in total. The number of nitrogens with zero attached hydrogens (tertiary/aromatic N) is 7. The summed E-state index contributed by atoms with van der Waals surface area (Å²) < 4.78 is 7.96. The Morgan fingerprint density at radius 1 is 1.06 bits per heavy atom. The Hall–Kier alpha value is -5.41. The molecule has 48 heavy (non-hydrogen) atoms. The Morgan fingerprint density at radius 3 is 2.60 bits per heavy atom. The number of rotatable bonds is 8. The van der Waals surface area contributed by atoms with Crippen molar-refractivity contribution in [3.63, 3.8) is 0 Å². The molecule has 0 aliphatic carbocycles. The Bertz CT molecular complexity index is 2280. The molecule has 11 heteroatoms. The fourth-order valence-electron chi connectivity index (χ4n) is 6.62. The molecule has 1 saturated heterocycles. The van der Waals surface area contributed by atoms with E-state index in [2.05, 4.69) is 51.4 Å². The van der Waals surface area contributed by atoms with Crippen LogP contribution >= 0.6 is 0 Å². The number of oxazole rings is 1. The van der Waals surface area contributed by atoms with Gasteiger partial charge in [-0.1, -0.05) is 24.3 Å². The zero-order valence-corrected chi connectivity index (χ0v) is 27.1. The lowest BCUT2D eigenvalue weighted by Gasteiger charge is -2.17. The van der Waals surface area contributed by atoms with Gasteiger partial charge in [-0.2, -0.15) is 5.26 Å². The predicted molar refractivity (Wildman–Crippen MR) is 184 cm³/mol. The van der Waals surface area contributed by atoms with Crippen LogP contribution < -0.4 is 10.8 Å². The fourth-order valence-corrected chi connectivity index (χ4v) is 6.62. The Morgan fingerprint density at radius 2 is 1.85 bits per heavy atom. The zero-order valence-electron chi connectivity index (χ0n) is 27.1. The molecule has 4 aromatic heterocycles. The van der Waals surface area contributed by atoms with E-state index in [-0.39, 0.29) is 19.3 Å². The fraction of sp³-hybridized carbons (Fsp3) is 0.270. The van der Waals surface area contributed by atoms with E-state index in [0.717, 1.165) is 69.5 Å². The topological polar surface area (TPSA) is 149 Å². The van der Waals surface area contributed by atoms with Crippen molar-refractivity contribution in [2.75, 3.05) is 32.1 Å². The average molecular weight is 641 g/mol. The van der Waals surface area contributed by atoms with E-state index >= 15 is 0 Å². The summed E-state index contributed by atoms with van der Waals surface area (Å²) in [6.45, 7) is 6.65. The molecule has 0 spiro atoms. The number of nitrogens with one attached hydrogen (secondary N) is 1. The van der Waals surface area contributed by atoms with Crippen molar-refractivity contribution in [3.8, 4) is 28.7 Å². The number of anilines is 2. The van der Waals surface area contributed by atoms with Gasteiger partial charge < -0.3 is 24.5 Å². The number of aliphatic hydroxyl groups is 2. The van der Waals surface area contributed by atoms with Crippen LogP contribution in [0.1, 0.15) is 28.7 Å². The Labute approximate surface area is 277 Å².